The fourth-order valence-electron chi connectivity index (χ4n) is 2.68. The van der Waals surface area contributed by atoms with Gasteiger partial charge in [0.25, 0.3) is 0 Å². The standard InChI is InChI=1S/C17H21FO4/c1-2-3-12-8-19-17(20-9-12)14-10-21-16(22-11-14)13-4-6-15(18)7-5-13/h2-7,12,14,16-17H,8-11H2,1H3/b3-2+/t12-,14-,16-,17-. The molecule has 0 amide bonds. The minimum Gasteiger partial charge on any atom is -0.351 e. The molecule has 2 fully saturated rings. The first-order chi connectivity index (χ1) is 10.8. The van der Waals surface area contributed by atoms with Gasteiger partial charge in [-0.25, -0.2) is 4.39 Å². The lowest BCUT2D eigenvalue weighted by Crippen LogP contribution is -2.42. The average Bonchev–Trinajstić information content (AvgIpc) is 2.57. The third-order valence-corrected chi connectivity index (χ3v) is 3.86. The van der Waals surface area contributed by atoms with Gasteiger partial charge in [0.15, 0.2) is 12.6 Å². The van der Waals surface area contributed by atoms with E-state index in [1.807, 2.05) is 13.0 Å². The predicted octanol–water partition coefficient (Wildman–Crippen LogP) is 3.05. The molecule has 2 aliphatic rings. The molecular formula is C17H21FO4. The zero-order valence-electron chi connectivity index (χ0n) is 12.6. The van der Waals surface area contributed by atoms with E-state index in [2.05, 4.69) is 6.08 Å². The van der Waals surface area contributed by atoms with Crippen molar-refractivity contribution in [2.24, 2.45) is 11.8 Å². The van der Waals surface area contributed by atoms with E-state index in [4.69, 9.17) is 18.9 Å². The van der Waals surface area contributed by atoms with Crippen LogP contribution in [0.4, 0.5) is 4.39 Å². The van der Waals surface area contributed by atoms with Crippen LogP contribution in [0.1, 0.15) is 18.8 Å². The Hall–Kier alpha value is -1.27. The second-order valence-electron chi connectivity index (χ2n) is 5.63. The molecule has 0 unspecified atom stereocenters. The first-order valence-electron chi connectivity index (χ1n) is 7.61. The summed E-state index contributed by atoms with van der Waals surface area (Å²) in [6.45, 7) is 4.31. The quantitative estimate of drug-likeness (QED) is 0.804. The molecule has 3 rings (SSSR count). The summed E-state index contributed by atoms with van der Waals surface area (Å²) in [6.07, 6.45) is 3.37. The molecule has 0 aliphatic carbocycles. The zero-order chi connectivity index (χ0) is 15.4. The number of allylic oxidation sites excluding steroid dienone is 1. The third kappa shape index (κ3) is 3.73. The van der Waals surface area contributed by atoms with Gasteiger partial charge in [-0.3, -0.25) is 0 Å². The second-order valence-corrected chi connectivity index (χ2v) is 5.63. The monoisotopic (exact) mass is 308 g/mol. The molecule has 22 heavy (non-hydrogen) atoms. The van der Waals surface area contributed by atoms with Crippen molar-refractivity contribution in [3.05, 3.63) is 47.8 Å². The van der Waals surface area contributed by atoms with Crippen LogP contribution in [0.15, 0.2) is 36.4 Å². The van der Waals surface area contributed by atoms with Crippen molar-refractivity contribution in [2.75, 3.05) is 26.4 Å². The van der Waals surface area contributed by atoms with E-state index in [0.29, 0.717) is 32.3 Å². The van der Waals surface area contributed by atoms with Crippen LogP contribution in [0.25, 0.3) is 0 Å². The van der Waals surface area contributed by atoms with Crippen LogP contribution in [-0.4, -0.2) is 32.7 Å². The Morgan fingerprint density at radius 2 is 1.59 bits per heavy atom. The van der Waals surface area contributed by atoms with Crippen LogP contribution in [0.3, 0.4) is 0 Å². The summed E-state index contributed by atoms with van der Waals surface area (Å²) in [4.78, 5) is 0. The topological polar surface area (TPSA) is 36.9 Å². The molecule has 0 bridgehead atoms. The fourth-order valence-corrected chi connectivity index (χ4v) is 2.68. The van der Waals surface area contributed by atoms with Gasteiger partial charge in [-0.05, 0) is 19.1 Å². The summed E-state index contributed by atoms with van der Waals surface area (Å²) in [5.41, 5.74) is 0.818. The van der Waals surface area contributed by atoms with E-state index < -0.39 is 6.29 Å². The lowest BCUT2D eigenvalue weighted by Gasteiger charge is -2.37. The minimum absolute atomic E-state index is 0.0586. The van der Waals surface area contributed by atoms with E-state index in [1.54, 1.807) is 12.1 Å². The van der Waals surface area contributed by atoms with Crippen molar-refractivity contribution in [3.8, 4) is 0 Å². The van der Waals surface area contributed by atoms with Crippen molar-refractivity contribution >= 4 is 0 Å². The number of rotatable bonds is 3. The van der Waals surface area contributed by atoms with Crippen molar-refractivity contribution in [2.45, 2.75) is 19.5 Å². The predicted molar refractivity (Wildman–Crippen MR) is 78.5 cm³/mol. The number of benzene rings is 1. The molecule has 0 radical (unpaired) electrons. The Labute approximate surface area is 129 Å². The van der Waals surface area contributed by atoms with Gasteiger partial charge in [0.05, 0.1) is 32.3 Å². The maximum Gasteiger partial charge on any atom is 0.183 e. The third-order valence-electron chi connectivity index (χ3n) is 3.86. The Morgan fingerprint density at radius 1 is 0.955 bits per heavy atom. The summed E-state index contributed by atoms with van der Waals surface area (Å²) in [5.74, 6) is 0.110. The van der Waals surface area contributed by atoms with Gasteiger partial charge in [-0.2, -0.15) is 0 Å². The van der Waals surface area contributed by atoms with Crippen LogP contribution in [0.2, 0.25) is 0 Å². The molecule has 0 saturated carbocycles. The Kier molecular flexibility index (Phi) is 5.20. The highest BCUT2D eigenvalue weighted by Gasteiger charge is 2.33. The Bertz CT molecular complexity index is 486. The van der Waals surface area contributed by atoms with Gasteiger partial charge >= 0.3 is 0 Å². The van der Waals surface area contributed by atoms with Crippen LogP contribution in [0, 0.1) is 17.7 Å². The molecule has 0 atom stereocenters. The molecule has 0 N–H and O–H groups in total. The molecule has 5 heteroatoms. The first-order valence-corrected chi connectivity index (χ1v) is 7.61. The van der Waals surface area contributed by atoms with Crippen LogP contribution in [0.5, 0.6) is 0 Å². The fraction of sp³-hybridized carbons (Fsp3) is 0.529. The SMILES string of the molecule is C/C=C/[C@H]1CO[C@H]([C@H]2CO[C@H](c3ccc(F)cc3)OC2)OC1. The maximum absolute atomic E-state index is 12.9. The molecule has 2 heterocycles. The van der Waals surface area contributed by atoms with Gasteiger partial charge in [0, 0.05) is 11.5 Å². The largest absolute Gasteiger partial charge is 0.351 e. The van der Waals surface area contributed by atoms with Gasteiger partial charge in [-0.1, -0.05) is 24.3 Å². The summed E-state index contributed by atoms with van der Waals surface area (Å²) < 4.78 is 35.9. The average molecular weight is 308 g/mol. The number of hydrogen-bond acceptors (Lipinski definition) is 4. The van der Waals surface area contributed by atoms with E-state index in [9.17, 15) is 4.39 Å². The highest BCUT2D eigenvalue weighted by atomic mass is 19.1. The number of hydrogen-bond donors (Lipinski definition) is 0. The number of halogens is 1. The highest BCUT2D eigenvalue weighted by Crippen LogP contribution is 2.29. The van der Waals surface area contributed by atoms with E-state index in [0.717, 1.165) is 5.56 Å². The summed E-state index contributed by atoms with van der Waals surface area (Å²) in [5, 5.41) is 0. The van der Waals surface area contributed by atoms with Crippen molar-refractivity contribution in [3.63, 3.8) is 0 Å². The maximum atomic E-state index is 12.9. The van der Waals surface area contributed by atoms with E-state index in [1.165, 1.54) is 12.1 Å². The van der Waals surface area contributed by atoms with Gasteiger partial charge in [0.2, 0.25) is 0 Å². The molecule has 2 aliphatic heterocycles. The Balaban J connectivity index is 1.49. The molecule has 0 spiro atoms. The van der Waals surface area contributed by atoms with Gasteiger partial charge in [0.1, 0.15) is 5.82 Å². The van der Waals surface area contributed by atoms with Gasteiger partial charge < -0.3 is 18.9 Å². The summed E-state index contributed by atoms with van der Waals surface area (Å²) in [7, 11) is 0. The normalized spacial score (nSPS) is 33.2. The van der Waals surface area contributed by atoms with Crippen molar-refractivity contribution in [1.82, 2.24) is 0 Å². The van der Waals surface area contributed by atoms with Crippen LogP contribution >= 0.6 is 0 Å². The highest BCUT2D eigenvalue weighted by molar-refractivity contribution is 5.17. The lowest BCUT2D eigenvalue weighted by atomic mass is 10.1. The lowest BCUT2D eigenvalue weighted by molar-refractivity contribution is -0.280. The summed E-state index contributed by atoms with van der Waals surface area (Å²) >= 11 is 0. The Morgan fingerprint density at radius 3 is 2.18 bits per heavy atom. The molecule has 2 saturated heterocycles. The molecule has 0 aromatic heterocycles. The molecule has 1 aromatic carbocycles. The van der Waals surface area contributed by atoms with Crippen molar-refractivity contribution in [1.29, 1.82) is 0 Å². The van der Waals surface area contributed by atoms with Crippen molar-refractivity contribution < 1.29 is 23.3 Å². The summed E-state index contributed by atoms with van der Waals surface area (Å²) in [6, 6.07) is 6.16. The second kappa shape index (κ2) is 7.33. The molecule has 4 nitrogen and oxygen atoms in total. The van der Waals surface area contributed by atoms with E-state index >= 15 is 0 Å². The molecule has 1 aromatic rings. The van der Waals surface area contributed by atoms with Crippen LogP contribution in [-0.2, 0) is 18.9 Å². The number of ether oxygens (including phenoxy) is 4. The zero-order valence-corrected chi connectivity index (χ0v) is 12.6. The first kappa shape index (κ1) is 15.6. The smallest absolute Gasteiger partial charge is 0.183 e. The van der Waals surface area contributed by atoms with E-state index in [-0.39, 0.29) is 18.0 Å². The molecule has 120 valence electrons. The van der Waals surface area contributed by atoms with Gasteiger partial charge in [-0.15, -0.1) is 0 Å². The molecular weight excluding hydrogens is 287 g/mol. The minimum atomic E-state index is -0.448. The van der Waals surface area contributed by atoms with Crippen LogP contribution < -0.4 is 0 Å².